The van der Waals surface area contributed by atoms with E-state index < -0.39 is 17.9 Å². The number of nitrogens with zero attached hydrogens (tertiary/aromatic N) is 2. The van der Waals surface area contributed by atoms with Crippen molar-refractivity contribution in [3.8, 4) is 17.2 Å². The van der Waals surface area contributed by atoms with Crippen molar-refractivity contribution in [3.05, 3.63) is 95.3 Å². The summed E-state index contributed by atoms with van der Waals surface area (Å²) in [4.78, 5) is 14.4. The number of aliphatic hydroxyl groups is 1. The van der Waals surface area contributed by atoms with Crippen molar-refractivity contribution in [1.82, 2.24) is 4.90 Å². The third-order valence-electron chi connectivity index (χ3n) is 5.81. The van der Waals surface area contributed by atoms with Gasteiger partial charge in [-0.25, -0.2) is 4.39 Å². The number of benzene rings is 3. The van der Waals surface area contributed by atoms with Gasteiger partial charge in [-0.05, 0) is 53.4 Å². The Kier molecular flexibility index (Phi) is 5.35. The summed E-state index contributed by atoms with van der Waals surface area (Å²) in [5.74, 6) is -1.14. The summed E-state index contributed by atoms with van der Waals surface area (Å²) >= 11 is 0. The molecule has 0 bridgehead atoms. The van der Waals surface area contributed by atoms with Crippen LogP contribution < -0.4 is 0 Å². The fourth-order valence-electron chi connectivity index (χ4n) is 4.31. The van der Waals surface area contributed by atoms with Crippen LogP contribution in [0.15, 0.2) is 72.8 Å². The molecule has 0 spiro atoms. The molecule has 0 aliphatic carbocycles. The minimum atomic E-state index is -0.718. The number of amides is 1. The van der Waals surface area contributed by atoms with Crippen LogP contribution >= 0.6 is 0 Å². The zero-order valence-corrected chi connectivity index (χ0v) is 16.5. The summed E-state index contributed by atoms with van der Waals surface area (Å²) in [5.41, 5.74) is 4.39. The van der Waals surface area contributed by atoms with Gasteiger partial charge >= 0.3 is 0 Å². The van der Waals surface area contributed by atoms with Crippen LogP contribution in [-0.4, -0.2) is 34.6 Å². The molecule has 3 atom stereocenters. The molecule has 1 saturated heterocycles. The molecule has 3 aromatic carbocycles. The van der Waals surface area contributed by atoms with Crippen LogP contribution in [0.4, 0.5) is 4.39 Å². The van der Waals surface area contributed by atoms with Gasteiger partial charge in [0.15, 0.2) is 0 Å². The van der Waals surface area contributed by atoms with E-state index >= 15 is 0 Å². The molecule has 1 aliphatic rings. The molecule has 5 heteroatoms. The number of nitriles is 1. The monoisotopic (exact) mass is 400 g/mol. The highest BCUT2D eigenvalue weighted by Crippen LogP contribution is 2.45. The van der Waals surface area contributed by atoms with E-state index in [-0.39, 0.29) is 18.4 Å². The summed E-state index contributed by atoms with van der Waals surface area (Å²) in [6.45, 7) is 1.76. The molecule has 30 heavy (non-hydrogen) atoms. The van der Waals surface area contributed by atoms with Crippen molar-refractivity contribution in [2.24, 2.45) is 0 Å². The minimum absolute atomic E-state index is 0.266. The first-order valence-corrected chi connectivity index (χ1v) is 9.80. The number of hydrogen-bond acceptors (Lipinski definition) is 3. The Hall–Kier alpha value is -3.49. The normalized spacial score (nSPS) is 20.3. The van der Waals surface area contributed by atoms with Gasteiger partial charge in [0, 0.05) is 11.5 Å². The predicted molar refractivity (Wildman–Crippen MR) is 112 cm³/mol. The Morgan fingerprint density at radius 3 is 2.30 bits per heavy atom. The molecular formula is C25H21FN2O2. The second kappa shape index (κ2) is 8.10. The third-order valence-corrected chi connectivity index (χ3v) is 5.81. The average Bonchev–Trinajstić information content (AvgIpc) is 2.75. The Balaban J connectivity index is 1.73. The second-order valence-corrected chi connectivity index (χ2v) is 7.47. The molecule has 3 aromatic rings. The van der Waals surface area contributed by atoms with E-state index in [1.54, 1.807) is 0 Å². The van der Waals surface area contributed by atoms with Crippen molar-refractivity contribution in [1.29, 1.82) is 5.26 Å². The summed E-state index contributed by atoms with van der Waals surface area (Å²) in [6, 6.07) is 22.0. The Morgan fingerprint density at radius 2 is 1.67 bits per heavy atom. The van der Waals surface area contributed by atoms with E-state index in [4.69, 9.17) is 0 Å². The van der Waals surface area contributed by atoms with E-state index in [0.717, 1.165) is 22.3 Å². The number of carbonyl (C=O) groups excluding carboxylic acids is 1. The van der Waals surface area contributed by atoms with Gasteiger partial charge in [0.1, 0.15) is 11.9 Å². The summed E-state index contributed by atoms with van der Waals surface area (Å²) in [5, 5.41) is 20.0. The third kappa shape index (κ3) is 3.26. The molecule has 1 aliphatic heterocycles. The van der Waals surface area contributed by atoms with E-state index in [9.17, 15) is 19.6 Å². The lowest BCUT2D eigenvalue weighted by Crippen LogP contribution is -2.65. The molecule has 0 radical (unpaired) electrons. The van der Waals surface area contributed by atoms with E-state index in [2.05, 4.69) is 6.07 Å². The number of aliphatic hydroxyl groups excluding tert-OH is 1. The van der Waals surface area contributed by atoms with Gasteiger partial charge < -0.3 is 10.0 Å². The number of halogens is 1. The van der Waals surface area contributed by atoms with E-state index in [0.29, 0.717) is 5.56 Å². The predicted octanol–water partition coefficient (Wildman–Crippen LogP) is 4.29. The molecule has 4 nitrogen and oxygen atoms in total. The highest BCUT2D eigenvalue weighted by Gasteiger charge is 2.52. The summed E-state index contributed by atoms with van der Waals surface area (Å²) in [7, 11) is 0. The van der Waals surface area contributed by atoms with E-state index in [1.165, 1.54) is 29.2 Å². The number of carbonyl (C=O) groups is 1. The van der Waals surface area contributed by atoms with E-state index in [1.807, 2.05) is 55.5 Å². The van der Waals surface area contributed by atoms with Gasteiger partial charge in [-0.1, -0.05) is 48.5 Å². The van der Waals surface area contributed by atoms with Crippen LogP contribution in [0.1, 0.15) is 27.4 Å². The zero-order valence-electron chi connectivity index (χ0n) is 16.5. The molecule has 0 unspecified atom stereocenters. The second-order valence-electron chi connectivity index (χ2n) is 7.47. The fraction of sp³-hybridized carbons (Fsp3) is 0.200. The minimum Gasteiger partial charge on any atom is -0.394 e. The number of aryl methyl sites for hydroxylation is 1. The maximum absolute atomic E-state index is 13.2. The standard InChI is InChI=1S/C25H21FN2O2/c1-16-6-2-3-7-19(16)20-8-4-5-9-21(20)24-22(14-27)28(23(24)15-29)25(30)17-10-12-18(26)13-11-17/h2-13,22-24,29H,15H2,1H3/t22-,23+,24+/m0/s1. The van der Waals surface area contributed by atoms with Crippen LogP contribution in [0.25, 0.3) is 11.1 Å². The van der Waals surface area contributed by atoms with Gasteiger partial charge in [0.2, 0.25) is 0 Å². The lowest BCUT2D eigenvalue weighted by atomic mass is 9.73. The van der Waals surface area contributed by atoms with Crippen LogP contribution in [0.2, 0.25) is 0 Å². The quantitative estimate of drug-likeness (QED) is 0.710. The Morgan fingerprint density at radius 1 is 1.03 bits per heavy atom. The lowest BCUT2D eigenvalue weighted by molar-refractivity contribution is -0.00571. The molecule has 1 N–H and O–H groups in total. The smallest absolute Gasteiger partial charge is 0.255 e. The average molecular weight is 400 g/mol. The SMILES string of the molecule is Cc1ccccc1-c1ccccc1[C@H]1[C@@H](CO)N(C(=O)c2ccc(F)cc2)[C@H]1C#N. The van der Waals surface area contributed by atoms with Crippen molar-refractivity contribution in [3.63, 3.8) is 0 Å². The maximum atomic E-state index is 13.2. The molecule has 0 aromatic heterocycles. The van der Waals surface area contributed by atoms with Crippen LogP contribution in [-0.2, 0) is 0 Å². The fourth-order valence-corrected chi connectivity index (χ4v) is 4.31. The topological polar surface area (TPSA) is 64.3 Å². The lowest BCUT2D eigenvalue weighted by Gasteiger charge is -2.52. The van der Waals surface area contributed by atoms with Crippen molar-refractivity contribution in [2.45, 2.75) is 24.9 Å². The first kappa shape index (κ1) is 19.8. The summed E-state index contributed by atoms with van der Waals surface area (Å²) in [6.07, 6.45) is 0. The largest absolute Gasteiger partial charge is 0.394 e. The highest BCUT2D eigenvalue weighted by molar-refractivity contribution is 5.96. The highest BCUT2D eigenvalue weighted by atomic mass is 19.1. The first-order valence-electron chi connectivity index (χ1n) is 9.80. The van der Waals surface area contributed by atoms with Gasteiger partial charge in [0.05, 0.1) is 18.7 Å². The van der Waals surface area contributed by atoms with Crippen LogP contribution in [0.3, 0.4) is 0 Å². The number of rotatable bonds is 4. The van der Waals surface area contributed by atoms with Gasteiger partial charge in [0.25, 0.3) is 5.91 Å². The molecule has 1 heterocycles. The molecule has 1 fully saturated rings. The van der Waals surface area contributed by atoms with Gasteiger partial charge in [-0.15, -0.1) is 0 Å². The van der Waals surface area contributed by atoms with Crippen LogP contribution in [0, 0.1) is 24.1 Å². The zero-order chi connectivity index (χ0) is 21.3. The summed E-state index contributed by atoms with van der Waals surface area (Å²) < 4.78 is 13.2. The van der Waals surface area contributed by atoms with Gasteiger partial charge in [-0.3, -0.25) is 4.79 Å². The molecular weight excluding hydrogens is 379 g/mol. The molecule has 1 amide bonds. The number of hydrogen-bond donors (Lipinski definition) is 1. The maximum Gasteiger partial charge on any atom is 0.255 e. The van der Waals surface area contributed by atoms with Crippen LogP contribution in [0.5, 0.6) is 0 Å². The first-order chi connectivity index (χ1) is 14.6. The van der Waals surface area contributed by atoms with Crippen molar-refractivity contribution >= 4 is 5.91 Å². The van der Waals surface area contributed by atoms with Gasteiger partial charge in [-0.2, -0.15) is 5.26 Å². The molecule has 4 rings (SSSR count). The van der Waals surface area contributed by atoms with Crippen molar-refractivity contribution in [2.75, 3.05) is 6.61 Å². The molecule has 150 valence electrons. The van der Waals surface area contributed by atoms with Crippen molar-refractivity contribution < 1.29 is 14.3 Å². The Labute approximate surface area is 174 Å². The number of likely N-dealkylation sites (tertiary alicyclic amines) is 1. The Bertz CT molecular complexity index is 1120. The molecule has 0 saturated carbocycles.